The second kappa shape index (κ2) is 7.07. The average Bonchev–Trinajstić information content (AvgIpc) is 2.52. The van der Waals surface area contributed by atoms with Crippen LogP contribution >= 0.6 is 0 Å². The Bertz CT molecular complexity index is 658. The molecule has 1 atom stereocenters. The van der Waals surface area contributed by atoms with Gasteiger partial charge in [0.05, 0.1) is 5.69 Å². The fraction of sp³-hybridized carbons (Fsp3) is 0.133. The van der Waals surface area contributed by atoms with Gasteiger partial charge in [-0.1, -0.05) is 18.2 Å². The molecule has 0 radical (unpaired) electrons. The highest BCUT2D eigenvalue weighted by molar-refractivity contribution is 5.74. The standard InChI is InChI=1S/C15H13NO6/c17-13(18)9-21-11-6-1-2-7-12(11)22-14(15(19)20)10-5-3-4-8-16-10/h1-8,14H,9H2,(H,17,18)(H,19,20). The van der Waals surface area contributed by atoms with Crippen LogP contribution in [0.25, 0.3) is 0 Å². The summed E-state index contributed by atoms with van der Waals surface area (Å²) in [4.78, 5) is 25.9. The molecule has 1 aromatic heterocycles. The third-order valence-electron chi connectivity index (χ3n) is 2.63. The maximum absolute atomic E-state index is 11.4. The summed E-state index contributed by atoms with van der Waals surface area (Å²) in [7, 11) is 0. The van der Waals surface area contributed by atoms with Gasteiger partial charge in [0.1, 0.15) is 0 Å². The molecule has 0 saturated carbocycles. The lowest BCUT2D eigenvalue weighted by Gasteiger charge is -2.17. The van der Waals surface area contributed by atoms with Crippen molar-refractivity contribution in [2.45, 2.75) is 6.10 Å². The highest BCUT2D eigenvalue weighted by atomic mass is 16.5. The van der Waals surface area contributed by atoms with E-state index in [2.05, 4.69) is 4.98 Å². The minimum absolute atomic E-state index is 0.127. The van der Waals surface area contributed by atoms with Crippen LogP contribution in [0.4, 0.5) is 0 Å². The van der Waals surface area contributed by atoms with E-state index in [4.69, 9.17) is 14.6 Å². The number of nitrogens with zero attached hydrogens (tertiary/aromatic N) is 1. The Hall–Kier alpha value is -3.09. The van der Waals surface area contributed by atoms with Crippen molar-refractivity contribution in [1.82, 2.24) is 4.98 Å². The zero-order chi connectivity index (χ0) is 15.9. The molecule has 0 spiro atoms. The number of hydrogen-bond acceptors (Lipinski definition) is 5. The molecule has 0 aliphatic heterocycles. The van der Waals surface area contributed by atoms with Crippen LogP contribution in [0.15, 0.2) is 48.7 Å². The van der Waals surface area contributed by atoms with Crippen molar-refractivity contribution in [2.24, 2.45) is 0 Å². The van der Waals surface area contributed by atoms with E-state index in [1.54, 1.807) is 24.3 Å². The van der Waals surface area contributed by atoms with E-state index in [0.717, 1.165) is 0 Å². The van der Waals surface area contributed by atoms with Crippen LogP contribution < -0.4 is 9.47 Å². The molecule has 7 heteroatoms. The average molecular weight is 303 g/mol. The lowest BCUT2D eigenvalue weighted by Crippen LogP contribution is -2.20. The van der Waals surface area contributed by atoms with Crippen LogP contribution in [0, 0.1) is 0 Å². The Balaban J connectivity index is 2.24. The van der Waals surface area contributed by atoms with Gasteiger partial charge in [0.25, 0.3) is 0 Å². The first-order valence-electron chi connectivity index (χ1n) is 6.32. The van der Waals surface area contributed by atoms with Crippen LogP contribution in [0.3, 0.4) is 0 Å². The fourth-order valence-electron chi connectivity index (χ4n) is 1.70. The number of pyridine rings is 1. The van der Waals surface area contributed by atoms with Crippen molar-refractivity contribution < 1.29 is 29.3 Å². The summed E-state index contributed by atoms with van der Waals surface area (Å²) in [5, 5.41) is 17.9. The summed E-state index contributed by atoms with van der Waals surface area (Å²) < 4.78 is 10.5. The Labute approximate surface area is 125 Å². The molecule has 7 nitrogen and oxygen atoms in total. The number of hydrogen-bond donors (Lipinski definition) is 2. The Morgan fingerprint density at radius 3 is 2.32 bits per heavy atom. The van der Waals surface area contributed by atoms with Gasteiger partial charge in [-0.3, -0.25) is 4.98 Å². The van der Waals surface area contributed by atoms with Gasteiger partial charge in [0, 0.05) is 6.20 Å². The molecular formula is C15H13NO6. The summed E-state index contributed by atoms with van der Waals surface area (Å²) in [6, 6.07) is 11.1. The topological polar surface area (TPSA) is 106 Å². The molecule has 0 saturated heterocycles. The number of carboxylic acid groups (broad SMARTS) is 2. The van der Waals surface area contributed by atoms with Gasteiger partial charge < -0.3 is 19.7 Å². The monoisotopic (exact) mass is 303 g/mol. The van der Waals surface area contributed by atoms with E-state index in [0.29, 0.717) is 0 Å². The molecule has 1 aromatic carbocycles. The zero-order valence-corrected chi connectivity index (χ0v) is 11.4. The SMILES string of the molecule is O=C(O)COc1ccccc1OC(C(=O)O)c1ccccn1. The van der Waals surface area contributed by atoms with Gasteiger partial charge in [-0.05, 0) is 24.3 Å². The molecule has 2 N–H and O–H groups in total. The fourth-order valence-corrected chi connectivity index (χ4v) is 1.70. The summed E-state index contributed by atoms with van der Waals surface area (Å²) in [5.74, 6) is -2.09. The van der Waals surface area contributed by atoms with Crippen molar-refractivity contribution in [2.75, 3.05) is 6.61 Å². The number of carbonyl (C=O) groups is 2. The van der Waals surface area contributed by atoms with Crippen molar-refractivity contribution in [3.05, 3.63) is 54.4 Å². The number of aromatic nitrogens is 1. The molecule has 0 aliphatic carbocycles. The maximum Gasteiger partial charge on any atom is 0.351 e. The Kier molecular flexibility index (Phi) is 4.92. The van der Waals surface area contributed by atoms with E-state index >= 15 is 0 Å². The minimum Gasteiger partial charge on any atom is -0.479 e. The molecular weight excluding hydrogens is 290 g/mol. The molecule has 0 bridgehead atoms. The van der Waals surface area contributed by atoms with Crippen molar-refractivity contribution in [3.63, 3.8) is 0 Å². The number of aliphatic carboxylic acids is 2. The summed E-state index contributed by atoms with van der Waals surface area (Å²) >= 11 is 0. The molecule has 114 valence electrons. The second-order valence-electron chi connectivity index (χ2n) is 4.22. The summed E-state index contributed by atoms with van der Waals surface area (Å²) in [6.45, 7) is -0.554. The highest BCUT2D eigenvalue weighted by Gasteiger charge is 2.24. The van der Waals surface area contributed by atoms with Gasteiger partial charge in [-0.25, -0.2) is 9.59 Å². The summed E-state index contributed by atoms with van der Waals surface area (Å²) in [6.07, 6.45) is 0.136. The van der Waals surface area contributed by atoms with Gasteiger partial charge in [-0.2, -0.15) is 0 Å². The first-order chi connectivity index (χ1) is 10.6. The number of benzene rings is 1. The van der Waals surface area contributed by atoms with E-state index in [9.17, 15) is 14.7 Å². The number of ether oxygens (including phenoxy) is 2. The third-order valence-corrected chi connectivity index (χ3v) is 2.63. The molecule has 0 amide bonds. The van der Waals surface area contributed by atoms with E-state index < -0.39 is 24.6 Å². The van der Waals surface area contributed by atoms with E-state index in [1.165, 1.54) is 24.4 Å². The van der Waals surface area contributed by atoms with Crippen LogP contribution in [-0.4, -0.2) is 33.7 Å². The maximum atomic E-state index is 11.4. The van der Waals surface area contributed by atoms with Crippen LogP contribution in [0.1, 0.15) is 11.8 Å². The smallest absolute Gasteiger partial charge is 0.351 e. The molecule has 22 heavy (non-hydrogen) atoms. The highest BCUT2D eigenvalue weighted by Crippen LogP contribution is 2.30. The first-order valence-corrected chi connectivity index (χ1v) is 6.32. The van der Waals surface area contributed by atoms with Gasteiger partial charge >= 0.3 is 11.9 Å². The molecule has 0 fully saturated rings. The van der Waals surface area contributed by atoms with E-state index in [1.807, 2.05) is 0 Å². The predicted octanol–water partition coefficient (Wildman–Crippen LogP) is 1.75. The largest absolute Gasteiger partial charge is 0.479 e. The number of carboxylic acids is 2. The second-order valence-corrected chi connectivity index (χ2v) is 4.22. The normalized spacial score (nSPS) is 11.5. The van der Waals surface area contributed by atoms with Crippen LogP contribution in [0.2, 0.25) is 0 Å². The van der Waals surface area contributed by atoms with Crippen molar-refractivity contribution >= 4 is 11.9 Å². The lowest BCUT2D eigenvalue weighted by atomic mass is 10.2. The van der Waals surface area contributed by atoms with Gasteiger partial charge in [0.15, 0.2) is 18.1 Å². The van der Waals surface area contributed by atoms with Crippen molar-refractivity contribution in [3.8, 4) is 11.5 Å². The zero-order valence-electron chi connectivity index (χ0n) is 11.4. The molecule has 1 unspecified atom stereocenters. The molecule has 2 rings (SSSR count). The summed E-state index contributed by atoms with van der Waals surface area (Å²) in [5.41, 5.74) is 0.225. The van der Waals surface area contributed by atoms with E-state index in [-0.39, 0.29) is 17.2 Å². The predicted molar refractivity (Wildman–Crippen MR) is 74.8 cm³/mol. The molecule has 1 heterocycles. The Morgan fingerprint density at radius 1 is 1.05 bits per heavy atom. The minimum atomic E-state index is -1.32. The number of para-hydroxylation sites is 2. The van der Waals surface area contributed by atoms with Crippen LogP contribution in [-0.2, 0) is 9.59 Å². The van der Waals surface area contributed by atoms with Gasteiger partial charge in [0.2, 0.25) is 6.10 Å². The van der Waals surface area contributed by atoms with Crippen molar-refractivity contribution in [1.29, 1.82) is 0 Å². The number of rotatable bonds is 7. The lowest BCUT2D eigenvalue weighted by molar-refractivity contribution is -0.146. The van der Waals surface area contributed by atoms with Crippen LogP contribution in [0.5, 0.6) is 11.5 Å². The van der Waals surface area contributed by atoms with Gasteiger partial charge in [-0.15, -0.1) is 0 Å². The first kappa shape index (κ1) is 15.3. The third kappa shape index (κ3) is 3.95. The molecule has 0 aliphatic rings. The quantitative estimate of drug-likeness (QED) is 0.802. The molecule has 2 aromatic rings. The Morgan fingerprint density at radius 2 is 1.73 bits per heavy atom.